The van der Waals surface area contributed by atoms with Crippen molar-refractivity contribution >= 4 is 5.82 Å². The molecule has 0 aliphatic rings. The summed E-state index contributed by atoms with van der Waals surface area (Å²) in [5.41, 5.74) is 7.41. The monoisotopic (exact) mass is 209 g/mol. The van der Waals surface area contributed by atoms with Gasteiger partial charge < -0.3 is 16.2 Å². The van der Waals surface area contributed by atoms with Gasteiger partial charge in [-0.1, -0.05) is 6.92 Å². The fraction of sp³-hybridized carbons (Fsp3) is 0.545. The third kappa shape index (κ3) is 3.49. The van der Waals surface area contributed by atoms with Crippen LogP contribution in [0.2, 0.25) is 0 Å². The number of rotatable bonds is 5. The van der Waals surface area contributed by atoms with Crippen LogP contribution in [0.3, 0.4) is 0 Å². The van der Waals surface area contributed by atoms with Crippen LogP contribution in [0, 0.1) is 6.92 Å². The number of aryl methyl sites for hydroxylation is 1. The smallest absolute Gasteiger partial charge is 0.129 e. The van der Waals surface area contributed by atoms with Gasteiger partial charge in [-0.15, -0.1) is 0 Å². The van der Waals surface area contributed by atoms with E-state index >= 15 is 0 Å². The zero-order chi connectivity index (χ0) is 11.3. The van der Waals surface area contributed by atoms with Crippen LogP contribution in [-0.2, 0) is 0 Å². The third-order valence-electron chi connectivity index (χ3n) is 2.21. The third-order valence-corrected chi connectivity index (χ3v) is 2.21. The fourth-order valence-corrected chi connectivity index (χ4v) is 1.39. The molecule has 15 heavy (non-hydrogen) atoms. The number of hydrogen-bond acceptors (Lipinski definition) is 4. The van der Waals surface area contributed by atoms with E-state index in [4.69, 9.17) is 5.73 Å². The molecule has 0 saturated carbocycles. The van der Waals surface area contributed by atoms with Crippen molar-refractivity contribution in [3.8, 4) is 0 Å². The summed E-state index contributed by atoms with van der Waals surface area (Å²) in [5, 5.41) is 13.0. The molecule has 0 aromatic carbocycles. The molecule has 1 aromatic rings. The molecule has 4 nitrogen and oxygen atoms in total. The molecule has 84 valence electrons. The number of nitrogen functional groups attached to an aromatic ring is 1. The maximum absolute atomic E-state index is 9.87. The van der Waals surface area contributed by atoms with Crippen molar-refractivity contribution in [3.05, 3.63) is 23.4 Å². The van der Waals surface area contributed by atoms with Crippen LogP contribution in [-0.4, -0.2) is 23.2 Å². The highest BCUT2D eigenvalue weighted by Gasteiger charge is 2.11. The van der Waals surface area contributed by atoms with Crippen LogP contribution in [0.4, 0.5) is 5.82 Å². The first-order valence-corrected chi connectivity index (χ1v) is 5.26. The Balaban J connectivity index is 2.64. The van der Waals surface area contributed by atoms with Crippen molar-refractivity contribution in [2.45, 2.75) is 26.4 Å². The van der Waals surface area contributed by atoms with Crippen molar-refractivity contribution < 1.29 is 5.11 Å². The predicted octanol–water partition coefficient (Wildman–Crippen LogP) is 1.01. The summed E-state index contributed by atoms with van der Waals surface area (Å²) in [6, 6.07) is 1.88. The Morgan fingerprint density at radius 1 is 1.60 bits per heavy atom. The van der Waals surface area contributed by atoms with Gasteiger partial charge in [0.15, 0.2) is 0 Å². The Hall–Kier alpha value is -1.13. The van der Waals surface area contributed by atoms with Crippen LogP contribution in [0.15, 0.2) is 12.3 Å². The van der Waals surface area contributed by atoms with E-state index in [0.717, 1.165) is 18.5 Å². The second kappa shape index (κ2) is 5.68. The number of pyridine rings is 1. The number of aliphatic hydroxyl groups is 1. The first-order valence-electron chi connectivity index (χ1n) is 5.26. The standard InChI is InChI=1S/C11H19N3O/c1-3-4-13-7-10(15)9-5-8(2)6-14-11(9)12/h5-6,10,13,15H,3-4,7H2,1-2H3,(H2,12,14). The molecular formula is C11H19N3O. The van der Waals surface area contributed by atoms with Gasteiger partial charge in [0.1, 0.15) is 5.82 Å². The molecule has 0 saturated heterocycles. The highest BCUT2D eigenvalue weighted by molar-refractivity contribution is 5.42. The van der Waals surface area contributed by atoms with Crippen LogP contribution >= 0.6 is 0 Å². The fourth-order valence-electron chi connectivity index (χ4n) is 1.39. The molecular weight excluding hydrogens is 190 g/mol. The Labute approximate surface area is 90.5 Å². The average molecular weight is 209 g/mol. The maximum Gasteiger partial charge on any atom is 0.129 e. The van der Waals surface area contributed by atoms with Crippen molar-refractivity contribution in [1.29, 1.82) is 0 Å². The second-order valence-corrected chi connectivity index (χ2v) is 3.71. The minimum atomic E-state index is -0.580. The highest BCUT2D eigenvalue weighted by Crippen LogP contribution is 2.18. The predicted molar refractivity (Wildman–Crippen MR) is 61.5 cm³/mol. The zero-order valence-corrected chi connectivity index (χ0v) is 9.33. The van der Waals surface area contributed by atoms with Gasteiger partial charge >= 0.3 is 0 Å². The molecule has 1 rings (SSSR count). The molecule has 0 radical (unpaired) electrons. The van der Waals surface area contributed by atoms with E-state index in [1.165, 1.54) is 0 Å². The first-order chi connectivity index (χ1) is 7.15. The number of nitrogens with two attached hydrogens (primary N) is 1. The number of nitrogens with zero attached hydrogens (tertiary/aromatic N) is 1. The maximum atomic E-state index is 9.87. The van der Waals surface area contributed by atoms with Gasteiger partial charge in [0.25, 0.3) is 0 Å². The van der Waals surface area contributed by atoms with Crippen LogP contribution < -0.4 is 11.1 Å². The SMILES string of the molecule is CCCNCC(O)c1cc(C)cnc1N. The summed E-state index contributed by atoms with van der Waals surface area (Å²) in [4.78, 5) is 4.02. The normalized spacial score (nSPS) is 12.7. The zero-order valence-electron chi connectivity index (χ0n) is 9.33. The minimum Gasteiger partial charge on any atom is -0.387 e. The largest absolute Gasteiger partial charge is 0.387 e. The average Bonchev–Trinajstić information content (AvgIpc) is 2.22. The van der Waals surface area contributed by atoms with Gasteiger partial charge in [0, 0.05) is 18.3 Å². The topological polar surface area (TPSA) is 71.2 Å². The molecule has 0 fully saturated rings. The lowest BCUT2D eigenvalue weighted by Crippen LogP contribution is -2.23. The Morgan fingerprint density at radius 2 is 2.33 bits per heavy atom. The Bertz CT molecular complexity index is 315. The summed E-state index contributed by atoms with van der Waals surface area (Å²) in [7, 11) is 0. The second-order valence-electron chi connectivity index (χ2n) is 3.71. The van der Waals surface area contributed by atoms with Gasteiger partial charge in [-0.3, -0.25) is 0 Å². The molecule has 1 atom stereocenters. The van der Waals surface area contributed by atoms with Gasteiger partial charge in [-0.05, 0) is 31.5 Å². The lowest BCUT2D eigenvalue weighted by atomic mass is 10.1. The number of nitrogens with one attached hydrogen (secondary N) is 1. The van der Waals surface area contributed by atoms with E-state index in [0.29, 0.717) is 17.9 Å². The summed E-state index contributed by atoms with van der Waals surface area (Å²) in [5.74, 6) is 0.409. The summed E-state index contributed by atoms with van der Waals surface area (Å²) < 4.78 is 0. The van der Waals surface area contributed by atoms with Crippen molar-refractivity contribution in [3.63, 3.8) is 0 Å². The molecule has 1 aromatic heterocycles. The minimum absolute atomic E-state index is 0.409. The highest BCUT2D eigenvalue weighted by atomic mass is 16.3. The molecule has 1 heterocycles. The van der Waals surface area contributed by atoms with E-state index in [1.807, 2.05) is 13.0 Å². The summed E-state index contributed by atoms with van der Waals surface area (Å²) >= 11 is 0. The summed E-state index contributed by atoms with van der Waals surface area (Å²) in [6.45, 7) is 5.43. The molecule has 0 aliphatic carbocycles. The number of hydrogen-bond donors (Lipinski definition) is 3. The number of aromatic nitrogens is 1. The Kier molecular flexibility index (Phi) is 4.52. The first kappa shape index (κ1) is 11.9. The van der Waals surface area contributed by atoms with Crippen LogP contribution in [0.1, 0.15) is 30.6 Å². The van der Waals surface area contributed by atoms with Crippen molar-refractivity contribution in [2.24, 2.45) is 0 Å². The van der Waals surface area contributed by atoms with E-state index < -0.39 is 6.10 Å². The number of aliphatic hydroxyl groups excluding tert-OH is 1. The summed E-state index contributed by atoms with van der Waals surface area (Å²) in [6.07, 6.45) is 2.17. The lowest BCUT2D eigenvalue weighted by Gasteiger charge is -2.13. The lowest BCUT2D eigenvalue weighted by molar-refractivity contribution is 0.175. The van der Waals surface area contributed by atoms with E-state index in [1.54, 1.807) is 6.20 Å². The van der Waals surface area contributed by atoms with Gasteiger partial charge in [0.05, 0.1) is 6.10 Å². The van der Waals surface area contributed by atoms with Crippen LogP contribution in [0.25, 0.3) is 0 Å². The molecule has 0 spiro atoms. The van der Waals surface area contributed by atoms with Gasteiger partial charge in [0.2, 0.25) is 0 Å². The molecule has 4 N–H and O–H groups in total. The molecule has 0 amide bonds. The van der Waals surface area contributed by atoms with Crippen molar-refractivity contribution in [2.75, 3.05) is 18.8 Å². The van der Waals surface area contributed by atoms with Crippen molar-refractivity contribution in [1.82, 2.24) is 10.3 Å². The molecule has 0 bridgehead atoms. The van der Waals surface area contributed by atoms with Gasteiger partial charge in [-0.2, -0.15) is 0 Å². The molecule has 4 heteroatoms. The van der Waals surface area contributed by atoms with E-state index in [9.17, 15) is 5.11 Å². The van der Waals surface area contributed by atoms with E-state index in [-0.39, 0.29) is 0 Å². The van der Waals surface area contributed by atoms with E-state index in [2.05, 4.69) is 17.2 Å². The Morgan fingerprint density at radius 3 is 3.00 bits per heavy atom. The molecule has 1 unspecified atom stereocenters. The molecule has 0 aliphatic heterocycles. The van der Waals surface area contributed by atoms with Crippen LogP contribution in [0.5, 0.6) is 0 Å². The quantitative estimate of drug-likeness (QED) is 0.633. The van der Waals surface area contributed by atoms with Gasteiger partial charge in [-0.25, -0.2) is 4.98 Å². The number of anilines is 1.